The second-order valence-corrected chi connectivity index (χ2v) is 6.93. The number of ketones is 3. The van der Waals surface area contributed by atoms with Gasteiger partial charge in [-0.2, -0.15) is 0 Å². The van der Waals surface area contributed by atoms with E-state index in [0.29, 0.717) is 25.7 Å². The van der Waals surface area contributed by atoms with Gasteiger partial charge in [0.25, 0.3) is 0 Å². The number of unbranched alkanes of at least 4 members (excludes halogenated alkanes) is 4. The molecule has 0 spiro atoms. The van der Waals surface area contributed by atoms with Crippen molar-refractivity contribution in [3.8, 4) is 0 Å². The van der Waals surface area contributed by atoms with E-state index in [1.807, 2.05) is 20.8 Å². The predicted octanol–water partition coefficient (Wildman–Crippen LogP) is -0.334. The van der Waals surface area contributed by atoms with E-state index in [4.69, 9.17) is 0 Å². The van der Waals surface area contributed by atoms with Crippen LogP contribution in [0.2, 0.25) is 0 Å². The van der Waals surface area contributed by atoms with E-state index in [1.54, 1.807) is 0 Å². The second-order valence-electron chi connectivity index (χ2n) is 6.93. The van der Waals surface area contributed by atoms with Crippen LogP contribution in [-0.4, -0.2) is 52.6 Å². The Morgan fingerprint density at radius 3 is 0.969 bits per heavy atom. The van der Waals surface area contributed by atoms with Crippen LogP contribution in [0.5, 0.6) is 0 Å². The summed E-state index contributed by atoms with van der Waals surface area (Å²) in [5.41, 5.74) is 0. The maximum absolute atomic E-state index is 10.7. The van der Waals surface area contributed by atoms with Crippen molar-refractivity contribution in [2.24, 2.45) is 0 Å². The summed E-state index contributed by atoms with van der Waals surface area (Å²) >= 11 is 0. The number of carbonyl (C=O) groups excluding carboxylic acids is 6. The molecule has 0 saturated carbocycles. The monoisotopic (exact) mass is 470 g/mol. The van der Waals surface area contributed by atoms with Crippen LogP contribution >= 0.6 is 0 Å². The summed E-state index contributed by atoms with van der Waals surface area (Å²) in [6.45, 7) is 5.89. The van der Waals surface area contributed by atoms with Gasteiger partial charge in [-0.05, 0) is 19.3 Å². The molecule has 0 aliphatic heterocycles. The van der Waals surface area contributed by atoms with E-state index in [2.05, 4.69) is 0 Å². The van der Waals surface area contributed by atoms with Gasteiger partial charge in [0.2, 0.25) is 0 Å². The molecule has 0 aromatic rings. The summed E-state index contributed by atoms with van der Waals surface area (Å²) in [6, 6.07) is 0. The Kier molecular flexibility index (Phi) is 31.4. The van der Waals surface area contributed by atoms with Crippen molar-refractivity contribution in [2.75, 3.05) is 0 Å². The minimum absolute atomic E-state index is 0. The number of hydrogen-bond donors (Lipinski definition) is 0. The second kappa shape index (κ2) is 27.0. The fourth-order valence-corrected chi connectivity index (χ4v) is 2.17. The molecule has 180 valence electrons. The zero-order valence-electron chi connectivity index (χ0n) is 19.4. The largest absolute Gasteiger partial charge is 3.00 e. The normalized spacial score (nSPS) is 9.09. The maximum atomic E-state index is 10.7. The van der Waals surface area contributed by atoms with Crippen molar-refractivity contribution in [3.63, 3.8) is 0 Å². The Labute approximate surface area is 201 Å². The summed E-state index contributed by atoms with van der Waals surface area (Å²) < 4.78 is 0. The van der Waals surface area contributed by atoms with Crippen LogP contribution in [0.15, 0.2) is 0 Å². The average Bonchev–Trinajstić information content (AvgIpc) is 2.61. The Bertz CT molecular complexity index is 526. The molecular formula is C22H35AlO9. The molecule has 0 rings (SSSR count). The van der Waals surface area contributed by atoms with Crippen LogP contribution in [0, 0.1) is 0 Å². The number of Topliss-reactive ketones (excluding diaryl/α,β-unsaturated/α-hetero) is 3. The maximum Gasteiger partial charge on any atom is 3.00 e. The van der Waals surface area contributed by atoms with Gasteiger partial charge in [-0.15, -0.1) is 0 Å². The number of aliphatic carboxylic acids is 3. The van der Waals surface area contributed by atoms with Gasteiger partial charge in [0.1, 0.15) is 17.3 Å². The van der Waals surface area contributed by atoms with Gasteiger partial charge in [-0.3, -0.25) is 14.4 Å². The Hall–Kier alpha value is -2.05. The van der Waals surface area contributed by atoms with Crippen molar-refractivity contribution in [1.29, 1.82) is 0 Å². The minimum atomic E-state index is -1.28. The standard InChI is InChI=1S/2C8H14O3.C6H10O3.Al/c2*1-2-3-4-5-7(9)6-8(10)11;1-2-3-5(7)4-6(8)9;/h2*2-6H2,1H3,(H,10,11);2-4H2,1H3,(H,8,9);/q;;;+3/p-3. The molecule has 9 nitrogen and oxygen atoms in total. The third-order valence-corrected chi connectivity index (χ3v) is 3.67. The number of carbonyl (C=O) groups is 6. The van der Waals surface area contributed by atoms with E-state index in [9.17, 15) is 44.1 Å². The first-order valence-corrected chi connectivity index (χ1v) is 10.6. The van der Waals surface area contributed by atoms with Gasteiger partial charge in [-0.1, -0.05) is 46.5 Å². The van der Waals surface area contributed by atoms with Crippen LogP contribution in [0.1, 0.15) is 104 Å². The van der Waals surface area contributed by atoms with Crippen molar-refractivity contribution in [2.45, 2.75) is 104 Å². The molecule has 0 aromatic heterocycles. The smallest absolute Gasteiger partial charge is 0.550 e. The Morgan fingerprint density at radius 1 is 0.469 bits per heavy atom. The summed E-state index contributed by atoms with van der Waals surface area (Å²) in [7, 11) is 0. The third kappa shape index (κ3) is 38.5. The van der Waals surface area contributed by atoms with E-state index < -0.39 is 37.2 Å². The zero-order valence-corrected chi connectivity index (χ0v) is 20.6. The van der Waals surface area contributed by atoms with E-state index in [-0.39, 0.29) is 34.7 Å². The molecule has 0 unspecified atom stereocenters. The first-order chi connectivity index (χ1) is 14.5. The van der Waals surface area contributed by atoms with Crippen LogP contribution in [0.4, 0.5) is 0 Å². The summed E-state index contributed by atoms with van der Waals surface area (Å²) in [6.07, 6.45) is 6.14. The van der Waals surface area contributed by atoms with Gasteiger partial charge >= 0.3 is 17.4 Å². The molecule has 0 amide bonds. The summed E-state index contributed by atoms with van der Waals surface area (Å²) in [4.78, 5) is 61.4. The molecule has 0 saturated heterocycles. The topological polar surface area (TPSA) is 172 Å². The molecule has 0 bridgehead atoms. The van der Waals surface area contributed by atoms with Crippen molar-refractivity contribution >= 4 is 52.6 Å². The molecule has 0 heterocycles. The van der Waals surface area contributed by atoms with Gasteiger partial charge < -0.3 is 29.7 Å². The molecule has 0 aliphatic rings. The van der Waals surface area contributed by atoms with Crippen LogP contribution in [0.25, 0.3) is 0 Å². The van der Waals surface area contributed by atoms with Gasteiger partial charge in [-0.25, -0.2) is 0 Å². The van der Waals surface area contributed by atoms with E-state index in [0.717, 1.165) is 38.5 Å². The quantitative estimate of drug-likeness (QED) is 0.166. The number of hydrogen-bond acceptors (Lipinski definition) is 9. The van der Waals surface area contributed by atoms with Gasteiger partial charge in [0.05, 0.1) is 0 Å². The first-order valence-electron chi connectivity index (χ1n) is 10.6. The predicted molar refractivity (Wildman–Crippen MR) is 113 cm³/mol. The minimum Gasteiger partial charge on any atom is -0.550 e. The number of rotatable bonds is 16. The van der Waals surface area contributed by atoms with Crippen LogP contribution < -0.4 is 15.3 Å². The average molecular weight is 470 g/mol. The first kappa shape index (κ1) is 37.3. The fourth-order valence-electron chi connectivity index (χ4n) is 2.17. The molecule has 10 heteroatoms. The molecule has 0 atom stereocenters. The van der Waals surface area contributed by atoms with E-state index in [1.165, 1.54) is 0 Å². The Morgan fingerprint density at radius 2 is 0.750 bits per heavy atom. The number of carboxylic acid groups (broad SMARTS) is 3. The third-order valence-electron chi connectivity index (χ3n) is 3.67. The molecule has 32 heavy (non-hydrogen) atoms. The molecule has 0 radical (unpaired) electrons. The molecule has 0 fully saturated rings. The molecule has 0 aliphatic carbocycles. The summed E-state index contributed by atoms with van der Waals surface area (Å²) in [5, 5.41) is 29.6. The van der Waals surface area contributed by atoms with E-state index >= 15 is 0 Å². The van der Waals surface area contributed by atoms with Gasteiger partial charge in [0, 0.05) is 56.4 Å². The summed E-state index contributed by atoms with van der Waals surface area (Å²) in [5.74, 6) is -4.53. The molecule has 0 aromatic carbocycles. The Balaban J connectivity index is -0.000000182. The fraction of sp³-hybridized carbons (Fsp3) is 0.727. The molecule has 0 N–H and O–H groups in total. The number of carboxylic acids is 3. The zero-order chi connectivity index (χ0) is 24.7. The van der Waals surface area contributed by atoms with Crippen LogP contribution in [0.3, 0.4) is 0 Å². The van der Waals surface area contributed by atoms with Gasteiger partial charge in [0.15, 0.2) is 0 Å². The van der Waals surface area contributed by atoms with Crippen molar-refractivity contribution < 1.29 is 44.1 Å². The molecular weight excluding hydrogens is 435 g/mol. The SMILES string of the molecule is CCCC(=O)CC(=O)[O-].CCCCCC(=O)CC(=O)[O-].CCCCCC(=O)CC(=O)[O-].[Al+3]. The van der Waals surface area contributed by atoms with Crippen LogP contribution in [-0.2, 0) is 28.8 Å². The van der Waals surface area contributed by atoms with Crippen molar-refractivity contribution in [1.82, 2.24) is 0 Å². The van der Waals surface area contributed by atoms with Crippen molar-refractivity contribution in [3.05, 3.63) is 0 Å².